The summed E-state index contributed by atoms with van der Waals surface area (Å²) in [4.78, 5) is 37.9. The average molecular weight is 420 g/mol. The van der Waals surface area contributed by atoms with Crippen LogP contribution in [0.15, 0.2) is 47.4 Å². The molecular formula is C23H24N4O4. The van der Waals surface area contributed by atoms with Gasteiger partial charge in [-0.2, -0.15) is 0 Å². The van der Waals surface area contributed by atoms with E-state index in [0.717, 1.165) is 17.6 Å². The van der Waals surface area contributed by atoms with Gasteiger partial charge in [0, 0.05) is 67.9 Å². The van der Waals surface area contributed by atoms with E-state index in [9.17, 15) is 19.7 Å². The summed E-state index contributed by atoms with van der Waals surface area (Å²) >= 11 is 0. The van der Waals surface area contributed by atoms with Gasteiger partial charge in [0.2, 0.25) is 5.91 Å². The Kier molecular flexibility index (Phi) is 4.64. The van der Waals surface area contributed by atoms with E-state index in [2.05, 4.69) is 22.9 Å². The number of hydrogen-bond donors (Lipinski definition) is 0. The molecule has 8 heteroatoms. The molecule has 0 spiro atoms. The number of carbonyl (C=O) groups is 1. The van der Waals surface area contributed by atoms with Crippen LogP contribution in [-0.2, 0) is 24.8 Å². The van der Waals surface area contributed by atoms with E-state index in [0.29, 0.717) is 32.5 Å². The van der Waals surface area contributed by atoms with Crippen molar-refractivity contribution in [2.45, 2.75) is 31.7 Å². The van der Waals surface area contributed by atoms with Gasteiger partial charge in [0.05, 0.1) is 4.92 Å². The number of likely N-dealkylation sites (tertiary alicyclic amines) is 1. The second-order valence-corrected chi connectivity index (χ2v) is 8.70. The molecule has 0 N–H and O–H groups in total. The van der Waals surface area contributed by atoms with Gasteiger partial charge in [-0.25, -0.2) is 0 Å². The first-order valence-electron chi connectivity index (χ1n) is 10.6. The third-order valence-corrected chi connectivity index (χ3v) is 6.72. The first kappa shape index (κ1) is 19.5. The van der Waals surface area contributed by atoms with E-state index in [1.165, 1.54) is 17.0 Å². The fraction of sp³-hybridized carbons (Fsp3) is 0.391. The Morgan fingerprint density at radius 1 is 1.16 bits per heavy atom. The van der Waals surface area contributed by atoms with Gasteiger partial charge in [-0.05, 0) is 36.5 Å². The van der Waals surface area contributed by atoms with Crippen molar-refractivity contribution < 1.29 is 9.72 Å². The van der Waals surface area contributed by atoms with Gasteiger partial charge in [0.25, 0.3) is 0 Å². The Hall–Kier alpha value is -3.42. The zero-order valence-corrected chi connectivity index (χ0v) is 17.4. The van der Waals surface area contributed by atoms with Crippen LogP contribution in [0.25, 0.3) is 10.9 Å². The molecule has 2 aliphatic rings. The number of benzene rings is 1. The Morgan fingerprint density at radius 2 is 1.97 bits per heavy atom. The van der Waals surface area contributed by atoms with Crippen molar-refractivity contribution in [2.75, 3.05) is 13.1 Å². The number of para-hydroxylation sites is 1. The lowest BCUT2D eigenvalue weighted by atomic mass is 9.83. The van der Waals surface area contributed by atoms with Crippen LogP contribution >= 0.6 is 0 Å². The highest BCUT2D eigenvalue weighted by Gasteiger charge is 2.37. The number of pyridine rings is 1. The number of hydrogen-bond acceptors (Lipinski definition) is 4. The van der Waals surface area contributed by atoms with Crippen LogP contribution in [0.3, 0.4) is 0 Å². The van der Waals surface area contributed by atoms with Gasteiger partial charge in [0.15, 0.2) is 0 Å². The Balaban J connectivity index is 1.32. The van der Waals surface area contributed by atoms with Gasteiger partial charge >= 0.3 is 11.2 Å². The third-order valence-electron chi connectivity index (χ3n) is 6.72. The van der Waals surface area contributed by atoms with Crippen LogP contribution in [0.1, 0.15) is 30.0 Å². The maximum atomic E-state index is 13.0. The molecule has 2 aliphatic heterocycles. The smallest absolute Gasteiger partial charge is 0.334 e. The fourth-order valence-electron chi connectivity index (χ4n) is 5.30. The van der Waals surface area contributed by atoms with Gasteiger partial charge in [0.1, 0.15) is 0 Å². The predicted octanol–water partition coefficient (Wildman–Crippen LogP) is 2.83. The molecule has 31 heavy (non-hydrogen) atoms. The highest BCUT2D eigenvalue weighted by Crippen LogP contribution is 2.36. The molecular weight excluding hydrogens is 396 g/mol. The molecule has 5 rings (SSSR count). The molecule has 2 aromatic heterocycles. The zero-order valence-electron chi connectivity index (χ0n) is 17.4. The maximum absolute atomic E-state index is 13.0. The number of aryl methyl sites for hydroxylation is 2. The molecule has 0 unspecified atom stereocenters. The van der Waals surface area contributed by atoms with Crippen molar-refractivity contribution in [3.8, 4) is 0 Å². The summed E-state index contributed by atoms with van der Waals surface area (Å²) < 4.78 is 3.64. The quantitative estimate of drug-likeness (QED) is 0.479. The van der Waals surface area contributed by atoms with E-state index in [4.69, 9.17) is 0 Å². The van der Waals surface area contributed by atoms with Crippen LogP contribution in [0.5, 0.6) is 0 Å². The van der Waals surface area contributed by atoms with Gasteiger partial charge in [-0.1, -0.05) is 18.2 Å². The van der Waals surface area contributed by atoms with E-state index in [1.54, 1.807) is 10.6 Å². The normalized spacial score (nSPS) is 20.0. The van der Waals surface area contributed by atoms with Crippen molar-refractivity contribution >= 4 is 22.5 Å². The summed E-state index contributed by atoms with van der Waals surface area (Å²) in [6.45, 7) is 1.58. The number of aromatic nitrogens is 2. The van der Waals surface area contributed by atoms with E-state index < -0.39 is 10.5 Å². The van der Waals surface area contributed by atoms with Gasteiger partial charge in [-0.15, -0.1) is 0 Å². The molecule has 2 bridgehead atoms. The molecule has 3 aromatic rings. The standard InChI is InChI=1S/C23H24N4O4/c1-24-13-16(18-4-2-3-5-20(18)24)6-9-22(28)25-11-15-10-17(14-25)19-7-8-21(27(30)31)23(29)26(19)12-15/h2-5,7-8,13,15,17H,6,9-12,14H2,1H3/t15-,17+/m0/s1. The lowest BCUT2D eigenvalue weighted by Crippen LogP contribution is -2.49. The van der Waals surface area contributed by atoms with E-state index >= 15 is 0 Å². The highest BCUT2D eigenvalue weighted by molar-refractivity contribution is 5.85. The molecule has 8 nitrogen and oxygen atoms in total. The number of fused-ring (bicyclic) bond motifs is 5. The molecule has 160 valence electrons. The minimum atomic E-state index is -0.622. The summed E-state index contributed by atoms with van der Waals surface area (Å²) in [6, 6.07) is 11.2. The monoisotopic (exact) mass is 420 g/mol. The van der Waals surface area contributed by atoms with Crippen molar-refractivity contribution in [1.29, 1.82) is 0 Å². The molecule has 0 radical (unpaired) electrons. The van der Waals surface area contributed by atoms with Crippen LogP contribution in [0.4, 0.5) is 5.69 Å². The first-order chi connectivity index (χ1) is 14.9. The fourth-order valence-corrected chi connectivity index (χ4v) is 5.30. The van der Waals surface area contributed by atoms with E-state index in [-0.39, 0.29) is 23.4 Å². The summed E-state index contributed by atoms with van der Waals surface area (Å²) in [7, 11) is 2.02. The summed E-state index contributed by atoms with van der Waals surface area (Å²) in [6.07, 6.45) is 4.14. The van der Waals surface area contributed by atoms with Gasteiger partial charge < -0.3 is 14.0 Å². The van der Waals surface area contributed by atoms with Crippen molar-refractivity contribution in [2.24, 2.45) is 13.0 Å². The largest absolute Gasteiger partial charge is 0.350 e. The van der Waals surface area contributed by atoms with E-state index in [1.807, 2.05) is 24.1 Å². The molecule has 1 amide bonds. The number of nitrogens with zero attached hydrogens (tertiary/aromatic N) is 4. The molecule has 0 saturated carbocycles. The molecule has 2 atom stereocenters. The number of rotatable bonds is 4. The second-order valence-electron chi connectivity index (χ2n) is 8.70. The topological polar surface area (TPSA) is 90.4 Å². The van der Waals surface area contributed by atoms with Crippen LogP contribution in [0, 0.1) is 16.0 Å². The predicted molar refractivity (Wildman–Crippen MR) is 116 cm³/mol. The van der Waals surface area contributed by atoms with Crippen LogP contribution in [-0.4, -0.2) is 38.0 Å². The first-order valence-corrected chi connectivity index (χ1v) is 10.6. The number of nitro groups is 1. The third kappa shape index (κ3) is 3.32. The molecule has 0 aliphatic carbocycles. The summed E-state index contributed by atoms with van der Waals surface area (Å²) in [5.74, 6) is 0.315. The second kappa shape index (κ2) is 7.37. The number of amides is 1. The molecule has 4 heterocycles. The molecule has 1 fully saturated rings. The average Bonchev–Trinajstić information content (AvgIpc) is 3.08. The minimum absolute atomic E-state index is 0.0440. The van der Waals surface area contributed by atoms with Crippen molar-refractivity contribution in [3.63, 3.8) is 0 Å². The zero-order chi connectivity index (χ0) is 21.7. The van der Waals surface area contributed by atoms with Crippen molar-refractivity contribution in [3.05, 3.63) is 74.3 Å². The van der Waals surface area contributed by atoms with Gasteiger partial charge in [-0.3, -0.25) is 19.7 Å². The lowest BCUT2D eigenvalue weighted by molar-refractivity contribution is -0.386. The van der Waals surface area contributed by atoms with Crippen LogP contribution in [0.2, 0.25) is 0 Å². The molecule has 1 saturated heterocycles. The number of carbonyl (C=O) groups excluding carboxylic acids is 1. The summed E-state index contributed by atoms with van der Waals surface area (Å²) in [5.41, 5.74) is 2.22. The summed E-state index contributed by atoms with van der Waals surface area (Å²) in [5, 5.41) is 12.3. The highest BCUT2D eigenvalue weighted by atomic mass is 16.6. The lowest BCUT2D eigenvalue weighted by Gasteiger charge is -2.42. The Bertz CT molecular complexity index is 1260. The number of piperidine rings is 1. The van der Waals surface area contributed by atoms with Crippen molar-refractivity contribution in [1.82, 2.24) is 14.0 Å². The Labute approximate surface area is 178 Å². The molecule has 1 aromatic carbocycles. The maximum Gasteiger partial charge on any atom is 0.334 e. The SMILES string of the molecule is Cn1cc(CCC(=O)N2C[C@@H]3C[C@H](C2)c2ccc([N+](=O)[O-])c(=O)n2C3)c2ccccc21. The minimum Gasteiger partial charge on any atom is -0.350 e. The Morgan fingerprint density at radius 3 is 2.77 bits per heavy atom. The van der Waals surface area contributed by atoms with Crippen LogP contribution < -0.4 is 5.56 Å².